The van der Waals surface area contributed by atoms with Crippen LogP contribution in [-0.4, -0.2) is 33.5 Å². The summed E-state index contributed by atoms with van der Waals surface area (Å²) in [5.74, 6) is 1.77. The zero-order chi connectivity index (χ0) is 20.9. The normalized spacial score (nSPS) is 10.7. The summed E-state index contributed by atoms with van der Waals surface area (Å²) >= 11 is 7.30. The van der Waals surface area contributed by atoms with E-state index in [1.807, 2.05) is 28.8 Å². The molecule has 4 rings (SSSR count). The molecule has 1 amide bonds. The molecular weight excluding hydrogens is 424 g/mol. The molecular formula is C21H17ClN4O3S. The third kappa shape index (κ3) is 4.50. The number of benzene rings is 2. The predicted molar refractivity (Wildman–Crippen MR) is 116 cm³/mol. The van der Waals surface area contributed by atoms with E-state index in [0.29, 0.717) is 33.2 Å². The first-order valence-electron chi connectivity index (χ1n) is 8.96. The van der Waals surface area contributed by atoms with Gasteiger partial charge in [0.2, 0.25) is 11.7 Å². The van der Waals surface area contributed by atoms with Crippen molar-refractivity contribution in [1.29, 1.82) is 0 Å². The summed E-state index contributed by atoms with van der Waals surface area (Å²) in [6.45, 7) is 0. The number of thioether (sulfide) groups is 1. The third-order valence-electron chi connectivity index (χ3n) is 4.15. The molecule has 0 saturated carbocycles. The summed E-state index contributed by atoms with van der Waals surface area (Å²) in [4.78, 5) is 12.4. The third-order valence-corrected chi connectivity index (χ3v) is 5.33. The predicted octanol–water partition coefficient (Wildman–Crippen LogP) is 4.92. The van der Waals surface area contributed by atoms with Gasteiger partial charge in [-0.2, -0.15) is 0 Å². The Labute approximate surface area is 182 Å². The first-order chi connectivity index (χ1) is 14.6. The van der Waals surface area contributed by atoms with Gasteiger partial charge in [0.05, 0.1) is 19.1 Å². The minimum Gasteiger partial charge on any atom is -0.497 e. The molecule has 0 spiro atoms. The van der Waals surface area contributed by atoms with Crippen LogP contribution in [0.2, 0.25) is 5.02 Å². The van der Waals surface area contributed by atoms with E-state index in [1.54, 1.807) is 49.8 Å². The van der Waals surface area contributed by atoms with Crippen LogP contribution in [0.15, 0.2) is 76.5 Å². The fourth-order valence-corrected chi connectivity index (χ4v) is 3.66. The van der Waals surface area contributed by atoms with Gasteiger partial charge in [-0.1, -0.05) is 29.4 Å². The molecule has 30 heavy (non-hydrogen) atoms. The van der Waals surface area contributed by atoms with E-state index in [-0.39, 0.29) is 11.7 Å². The van der Waals surface area contributed by atoms with Crippen molar-refractivity contribution in [3.05, 3.63) is 71.9 Å². The van der Waals surface area contributed by atoms with Crippen molar-refractivity contribution in [2.75, 3.05) is 18.2 Å². The van der Waals surface area contributed by atoms with Crippen LogP contribution in [0.5, 0.6) is 5.75 Å². The number of hydrogen-bond donors (Lipinski definition) is 1. The smallest absolute Gasteiger partial charge is 0.234 e. The van der Waals surface area contributed by atoms with Gasteiger partial charge in [0.25, 0.3) is 0 Å². The number of rotatable bonds is 7. The van der Waals surface area contributed by atoms with Gasteiger partial charge in [-0.25, -0.2) is 0 Å². The van der Waals surface area contributed by atoms with Gasteiger partial charge in [0.1, 0.15) is 5.75 Å². The van der Waals surface area contributed by atoms with Crippen molar-refractivity contribution in [2.24, 2.45) is 0 Å². The van der Waals surface area contributed by atoms with Crippen LogP contribution in [0.4, 0.5) is 5.69 Å². The zero-order valence-electron chi connectivity index (χ0n) is 15.9. The molecule has 0 aliphatic heterocycles. The summed E-state index contributed by atoms with van der Waals surface area (Å²) in [6.07, 6.45) is 1.57. The van der Waals surface area contributed by atoms with E-state index in [2.05, 4.69) is 15.5 Å². The number of amides is 1. The molecule has 0 aliphatic carbocycles. The second-order valence-electron chi connectivity index (χ2n) is 6.16. The average Bonchev–Trinajstić information content (AvgIpc) is 3.43. The molecule has 4 aromatic rings. The first kappa shape index (κ1) is 20.1. The summed E-state index contributed by atoms with van der Waals surface area (Å²) in [6, 6.07) is 18.1. The van der Waals surface area contributed by atoms with Gasteiger partial charge < -0.3 is 14.5 Å². The monoisotopic (exact) mass is 440 g/mol. The van der Waals surface area contributed by atoms with Crippen LogP contribution in [0.1, 0.15) is 0 Å². The fraction of sp³-hybridized carbons (Fsp3) is 0.0952. The number of nitrogens with one attached hydrogen (secondary N) is 1. The molecule has 2 aromatic carbocycles. The highest BCUT2D eigenvalue weighted by molar-refractivity contribution is 7.99. The molecule has 0 radical (unpaired) electrons. The second-order valence-corrected chi connectivity index (χ2v) is 7.54. The summed E-state index contributed by atoms with van der Waals surface area (Å²) in [7, 11) is 1.58. The Morgan fingerprint density at radius 2 is 2.00 bits per heavy atom. The molecule has 0 bridgehead atoms. The highest BCUT2D eigenvalue weighted by atomic mass is 35.5. The van der Waals surface area contributed by atoms with Crippen molar-refractivity contribution in [2.45, 2.75) is 5.16 Å². The lowest BCUT2D eigenvalue weighted by Crippen LogP contribution is -2.14. The van der Waals surface area contributed by atoms with Gasteiger partial charge >= 0.3 is 0 Å². The fourth-order valence-electron chi connectivity index (χ4n) is 2.78. The minimum atomic E-state index is -0.168. The molecule has 0 unspecified atom stereocenters. The highest BCUT2D eigenvalue weighted by Gasteiger charge is 2.19. The highest BCUT2D eigenvalue weighted by Crippen LogP contribution is 2.29. The Balaban J connectivity index is 1.55. The number of furan rings is 1. The van der Waals surface area contributed by atoms with Crippen molar-refractivity contribution in [3.8, 4) is 23.0 Å². The molecule has 152 valence electrons. The number of carbonyl (C=O) groups excluding carboxylic acids is 1. The number of ether oxygens (including phenoxy) is 1. The van der Waals surface area contributed by atoms with Crippen molar-refractivity contribution in [3.63, 3.8) is 0 Å². The Morgan fingerprint density at radius 3 is 2.73 bits per heavy atom. The average molecular weight is 441 g/mol. The largest absolute Gasteiger partial charge is 0.497 e. The van der Waals surface area contributed by atoms with Crippen LogP contribution in [0.25, 0.3) is 17.3 Å². The first-order valence-corrected chi connectivity index (χ1v) is 10.3. The Kier molecular flexibility index (Phi) is 6.06. The van der Waals surface area contributed by atoms with Crippen LogP contribution in [0, 0.1) is 0 Å². The number of carbonyl (C=O) groups is 1. The molecule has 9 heteroatoms. The van der Waals surface area contributed by atoms with E-state index >= 15 is 0 Å². The number of hydrogen-bond acceptors (Lipinski definition) is 6. The topological polar surface area (TPSA) is 82.2 Å². The molecule has 0 saturated heterocycles. The minimum absolute atomic E-state index is 0.154. The van der Waals surface area contributed by atoms with E-state index in [9.17, 15) is 4.79 Å². The van der Waals surface area contributed by atoms with Crippen molar-refractivity contribution < 1.29 is 13.9 Å². The summed E-state index contributed by atoms with van der Waals surface area (Å²) in [5.41, 5.74) is 1.47. The Bertz CT molecular complexity index is 1140. The van der Waals surface area contributed by atoms with Gasteiger partial charge in [0, 0.05) is 22.5 Å². The zero-order valence-corrected chi connectivity index (χ0v) is 17.5. The number of methoxy groups -OCH3 is 1. The lowest BCUT2D eigenvalue weighted by molar-refractivity contribution is -0.113. The lowest BCUT2D eigenvalue weighted by Gasteiger charge is -2.10. The maximum Gasteiger partial charge on any atom is 0.234 e. The molecule has 2 heterocycles. The van der Waals surface area contributed by atoms with Crippen LogP contribution >= 0.6 is 23.4 Å². The number of nitrogens with zero attached hydrogens (tertiary/aromatic N) is 3. The van der Waals surface area contributed by atoms with Crippen LogP contribution in [-0.2, 0) is 4.79 Å². The lowest BCUT2D eigenvalue weighted by atomic mass is 10.3. The SMILES string of the molecule is COc1cccc(NC(=O)CSc2nnc(-c3ccco3)n2-c2ccc(Cl)cc2)c1. The van der Waals surface area contributed by atoms with E-state index in [1.165, 1.54) is 11.8 Å². The maximum atomic E-state index is 12.4. The van der Waals surface area contributed by atoms with Gasteiger partial charge in [-0.15, -0.1) is 10.2 Å². The van der Waals surface area contributed by atoms with Crippen LogP contribution < -0.4 is 10.1 Å². The number of aromatic nitrogens is 3. The van der Waals surface area contributed by atoms with E-state index < -0.39 is 0 Å². The van der Waals surface area contributed by atoms with Crippen LogP contribution in [0.3, 0.4) is 0 Å². The summed E-state index contributed by atoms with van der Waals surface area (Å²) < 4.78 is 12.5. The molecule has 2 aromatic heterocycles. The quantitative estimate of drug-likeness (QED) is 0.411. The van der Waals surface area contributed by atoms with Crippen molar-refractivity contribution in [1.82, 2.24) is 14.8 Å². The second kappa shape index (κ2) is 9.06. The maximum absolute atomic E-state index is 12.4. The molecule has 1 N–H and O–H groups in total. The van der Waals surface area contributed by atoms with Crippen molar-refractivity contribution >= 4 is 35.0 Å². The number of anilines is 1. The number of halogens is 1. The van der Waals surface area contributed by atoms with Gasteiger partial charge in [-0.05, 0) is 48.5 Å². The molecule has 0 aliphatic rings. The Hall–Kier alpha value is -3.23. The standard InChI is InChI=1S/C21H17ClN4O3S/c1-28-17-5-2-4-15(12-17)23-19(27)13-30-21-25-24-20(18-6-3-11-29-18)26(21)16-9-7-14(22)8-10-16/h2-12H,13H2,1H3,(H,23,27). The van der Waals surface area contributed by atoms with Gasteiger partial charge in [-0.3, -0.25) is 9.36 Å². The molecule has 7 nitrogen and oxygen atoms in total. The van der Waals surface area contributed by atoms with Gasteiger partial charge in [0.15, 0.2) is 10.9 Å². The Morgan fingerprint density at radius 1 is 1.17 bits per heavy atom. The molecule has 0 fully saturated rings. The summed E-state index contributed by atoms with van der Waals surface area (Å²) in [5, 5.41) is 12.6. The molecule has 0 atom stereocenters. The van der Waals surface area contributed by atoms with E-state index in [0.717, 1.165) is 5.69 Å². The van der Waals surface area contributed by atoms with E-state index in [4.69, 9.17) is 20.8 Å².